The Kier molecular flexibility index (Phi) is 6.52. The Morgan fingerprint density at radius 3 is 2.44 bits per heavy atom. The Hall–Kier alpha value is -4.04. The first-order chi connectivity index (χ1) is 17.4. The van der Waals surface area contributed by atoms with Gasteiger partial charge in [0.1, 0.15) is 11.5 Å². The third kappa shape index (κ3) is 4.72. The van der Waals surface area contributed by atoms with Crippen molar-refractivity contribution in [3.05, 3.63) is 94.4 Å². The maximum atomic E-state index is 12.5. The second-order valence-corrected chi connectivity index (χ2v) is 9.69. The molecule has 3 aromatic carbocycles. The largest absolute Gasteiger partial charge is 0.507 e. The van der Waals surface area contributed by atoms with E-state index in [2.05, 4.69) is 34.2 Å². The molecule has 1 N–H and O–H groups in total. The molecule has 2 heterocycles. The summed E-state index contributed by atoms with van der Waals surface area (Å²) in [5.74, 6) is 1.41. The third-order valence-electron chi connectivity index (χ3n) is 6.18. The smallest absolute Gasteiger partial charge is 0.311 e. The van der Waals surface area contributed by atoms with Gasteiger partial charge in [-0.05, 0) is 71.4 Å². The van der Waals surface area contributed by atoms with Crippen LogP contribution in [0.25, 0.3) is 6.08 Å². The molecule has 0 aliphatic carbocycles. The number of phenols is 1. The summed E-state index contributed by atoms with van der Waals surface area (Å²) in [6, 6.07) is 23.0. The minimum absolute atomic E-state index is 0.142. The molecule has 0 saturated heterocycles. The van der Waals surface area contributed by atoms with Gasteiger partial charge in [-0.1, -0.05) is 30.3 Å². The molecule has 3 aromatic rings. The van der Waals surface area contributed by atoms with E-state index in [4.69, 9.17) is 9.84 Å². The van der Waals surface area contributed by atoms with E-state index >= 15 is 0 Å². The number of anilines is 1. The van der Waals surface area contributed by atoms with E-state index in [1.165, 1.54) is 0 Å². The van der Waals surface area contributed by atoms with E-state index in [0.29, 0.717) is 22.7 Å². The predicted molar refractivity (Wildman–Crippen MR) is 146 cm³/mol. The van der Waals surface area contributed by atoms with Crippen molar-refractivity contribution < 1.29 is 14.6 Å². The Bertz CT molecular complexity index is 1380. The molecular weight excluding hydrogens is 472 g/mol. The Labute approximate surface area is 214 Å². The molecule has 0 bridgehead atoms. The van der Waals surface area contributed by atoms with Gasteiger partial charge in [-0.3, -0.25) is 4.79 Å². The van der Waals surface area contributed by atoms with Crippen LogP contribution in [0, 0.1) is 0 Å². The van der Waals surface area contributed by atoms with Gasteiger partial charge in [-0.25, -0.2) is 5.01 Å². The fraction of sp³-hybridized carbons (Fsp3) is 0.179. The van der Waals surface area contributed by atoms with Crippen LogP contribution in [-0.2, 0) is 0 Å². The number of para-hydroxylation sites is 1. The predicted octanol–water partition coefficient (Wildman–Crippen LogP) is 5.92. The third-order valence-corrected chi connectivity index (χ3v) is 6.97. The fourth-order valence-corrected chi connectivity index (χ4v) is 4.97. The number of aromatic hydroxyl groups is 1. The average molecular weight is 499 g/mol. The van der Waals surface area contributed by atoms with Gasteiger partial charge >= 0.3 is 5.24 Å². The van der Waals surface area contributed by atoms with Crippen molar-refractivity contribution >= 4 is 40.3 Å². The van der Waals surface area contributed by atoms with Crippen LogP contribution < -0.4 is 9.64 Å². The van der Waals surface area contributed by atoms with Crippen molar-refractivity contribution in [1.82, 2.24) is 5.01 Å². The maximum Gasteiger partial charge on any atom is 0.311 e. The van der Waals surface area contributed by atoms with Gasteiger partial charge in [0, 0.05) is 31.8 Å². The number of amidine groups is 1. The normalized spacial score (nSPS) is 18.4. The number of amides is 1. The molecule has 0 aromatic heterocycles. The van der Waals surface area contributed by atoms with Crippen LogP contribution in [0.3, 0.4) is 0 Å². The highest BCUT2D eigenvalue weighted by atomic mass is 32.2. The molecule has 36 heavy (non-hydrogen) atoms. The minimum atomic E-state index is -0.304. The second kappa shape index (κ2) is 9.91. The lowest BCUT2D eigenvalue weighted by atomic mass is 9.98. The topological polar surface area (TPSA) is 77.7 Å². The lowest BCUT2D eigenvalue weighted by Crippen LogP contribution is -2.26. The standard InChI is InChI=1S/C28H26N4O3S/c1-31(2)21-12-8-19(9-13-21)24-17-23(18-10-14-22(35-3)15-11-18)30-32(24)27-26(36-28(34)29-27)16-20-6-4-5-7-25(20)33/h4-16,24,33H,17H2,1-3H3/b26-16-. The van der Waals surface area contributed by atoms with Crippen LogP contribution in [-0.4, -0.2) is 48.1 Å². The van der Waals surface area contributed by atoms with Crippen molar-refractivity contribution in [2.24, 2.45) is 10.1 Å². The summed E-state index contributed by atoms with van der Waals surface area (Å²) in [7, 11) is 5.66. The fourth-order valence-electron chi connectivity index (χ4n) is 4.23. The number of hydrogen-bond donors (Lipinski definition) is 1. The van der Waals surface area contributed by atoms with Crippen molar-refractivity contribution in [1.29, 1.82) is 0 Å². The monoisotopic (exact) mass is 498 g/mol. The number of hydrogen-bond acceptors (Lipinski definition) is 7. The molecule has 8 heteroatoms. The number of methoxy groups -OCH3 is 1. The highest BCUT2D eigenvalue weighted by molar-refractivity contribution is 8.18. The van der Waals surface area contributed by atoms with Crippen LogP contribution >= 0.6 is 11.8 Å². The van der Waals surface area contributed by atoms with Gasteiger partial charge in [0.2, 0.25) is 0 Å². The molecule has 0 spiro atoms. The molecule has 0 radical (unpaired) electrons. The van der Waals surface area contributed by atoms with E-state index < -0.39 is 0 Å². The number of ether oxygens (including phenoxy) is 1. The van der Waals surface area contributed by atoms with Crippen molar-refractivity contribution in [2.45, 2.75) is 12.5 Å². The number of thioether (sulfide) groups is 1. The SMILES string of the molecule is COc1ccc(C2=NN(C3=NC(=O)S/C3=C\c3ccccc3O)C(c3ccc(N(C)C)cc3)C2)cc1. The van der Waals surface area contributed by atoms with Crippen LogP contribution in [0.1, 0.15) is 29.2 Å². The molecule has 0 fully saturated rings. The zero-order valence-corrected chi connectivity index (χ0v) is 21.1. The lowest BCUT2D eigenvalue weighted by Gasteiger charge is -2.24. The number of rotatable bonds is 5. The summed E-state index contributed by atoms with van der Waals surface area (Å²) in [6.07, 6.45) is 2.44. The Morgan fingerprint density at radius 1 is 1.06 bits per heavy atom. The molecular formula is C28H26N4O3S. The summed E-state index contributed by atoms with van der Waals surface area (Å²) < 4.78 is 5.31. The summed E-state index contributed by atoms with van der Waals surface area (Å²) in [6.45, 7) is 0. The molecule has 7 nitrogen and oxygen atoms in total. The lowest BCUT2D eigenvalue weighted by molar-refractivity contribution is 0.267. The van der Waals surface area contributed by atoms with Gasteiger partial charge in [0.05, 0.1) is 23.8 Å². The van der Waals surface area contributed by atoms with E-state index in [-0.39, 0.29) is 17.0 Å². The van der Waals surface area contributed by atoms with Crippen LogP contribution in [0.5, 0.6) is 11.5 Å². The van der Waals surface area contributed by atoms with Gasteiger partial charge in [-0.15, -0.1) is 0 Å². The average Bonchev–Trinajstić information content (AvgIpc) is 3.49. The van der Waals surface area contributed by atoms with E-state index in [0.717, 1.165) is 40.0 Å². The molecule has 1 unspecified atom stereocenters. The number of aliphatic imine (C=N–C) groups is 1. The van der Waals surface area contributed by atoms with Crippen molar-refractivity contribution in [3.8, 4) is 11.5 Å². The summed E-state index contributed by atoms with van der Waals surface area (Å²) >= 11 is 1.04. The highest BCUT2D eigenvalue weighted by Gasteiger charge is 2.37. The summed E-state index contributed by atoms with van der Waals surface area (Å²) in [4.78, 5) is 19.5. The molecule has 0 saturated carbocycles. The second-order valence-electron chi connectivity index (χ2n) is 8.70. The number of nitrogens with zero attached hydrogens (tertiary/aromatic N) is 4. The summed E-state index contributed by atoms with van der Waals surface area (Å²) in [5.41, 5.74) is 4.67. The van der Waals surface area contributed by atoms with E-state index in [1.807, 2.05) is 49.4 Å². The van der Waals surface area contributed by atoms with Crippen LogP contribution in [0.15, 0.2) is 87.8 Å². The van der Waals surface area contributed by atoms with Gasteiger partial charge < -0.3 is 14.7 Å². The van der Waals surface area contributed by atoms with Crippen molar-refractivity contribution in [2.75, 3.05) is 26.1 Å². The number of phenolic OH excluding ortho intramolecular Hbond substituents is 1. The van der Waals surface area contributed by atoms with Gasteiger partial charge in [0.25, 0.3) is 0 Å². The van der Waals surface area contributed by atoms with Gasteiger partial charge in [-0.2, -0.15) is 10.1 Å². The number of carbonyl (C=O) groups is 1. The zero-order chi connectivity index (χ0) is 25.2. The first kappa shape index (κ1) is 23.7. The number of hydrazone groups is 1. The van der Waals surface area contributed by atoms with Crippen molar-refractivity contribution in [3.63, 3.8) is 0 Å². The van der Waals surface area contributed by atoms with E-state index in [9.17, 15) is 9.90 Å². The molecule has 5 rings (SSSR count). The first-order valence-corrected chi connectivity index (χ1v) is 12.3. The summed E-state index contributed by atoms with van der Waals surface area (Å²) in [5, 5.41) is 16.8. The van der Waals surface area contributed by atoms with E-state index in [1.54, 1.807) is 31.4 Å². The maximum absolute atomic E-state index is 12.5. The Morgan fingerprint density at radius 2 is 1.78 bits per heavy atom. The Balaban J connectivity index is 1.56. The molecule has 2 aliphatic heterocycles. The zero-order valence-electron chi connectivity index (χ0n) is 20.3. The first-order valence-electron chi connectivity index (χ1n) is 11.5. The van der Waals surface area contributed by atoms with Crippen LogP contribution in [0.4, 0.5) is 10.5 Å². The highest BCUT2D eigenvalue weighted by Crippen LogP contribution is 2.40. The number of benzene rings is 3. The molecule has 1 atom stereocenters. The van der Waals surface area contributed by atoms with Gasteiger partial charge in [0.15, 0.2) is 5.84 Å². The van der Waals surface area contributed by atoms with Crippen LogP contribution in [0.2, 0.25) is 0 Å². The quantitative estimate of drug-likeness (QED) is 0.470. The molecule has 1 amide bonds. The number of carbonyl (C=O) groups excluding carboxylic acids is 1. The molecule has 2 aliphatic rings. The minimum Gasteiger partial charge on any atom is -0.507 e. The molecule has 182 valence electrons.